The van der Waals surface area contributed by atoms with Crippen molar-refractivity contribution in [3.05, 3.63) is 77.7 Å². The van der Waals surface area contributed by atoms with Crippen LogP contribution < -0.4 is 25.9 Å². The van der Waals surface area contributed by atoms with Crippen LogP contribution in [0.1, 0.15) is 23.4 Å². The lowest BCUT2D eigenvalue weighted by molar-refractivity contribution is 0.305. The number of hydrazine groups is 1. The fourth-order valence-corrected chi connectivity index (χ4v) is 4.95. The first kappa shape index (κ1) is 24.5. The Morgan fingerprint density at radius 1 is 1.05 bits per heavy atom. The number of anilines is 1. The van der Waals surface area contributed by atoms with E-state index in [1.807, 2.05) is 73.1 Å². The van der Waals surface area contributed by atoms with Gasteiger partial charge < -0.3 is 25.1 Å². The lowest BCUT2D eigenvalue weighted by Crippen LogP contribution is -2.39. The van der Waals surface area contributed by atoms with E-state index in [2.05, 4.69) is 11.0 Å². The summed E-state index contributed by atoms with van der Waals surface area (Å²) in [5.41, 5.74) is 13.4. The molecule has 37 heavy (non-hydrogen) atoms. The molecule has 3 heterocycles. The number of benzene rings is 2. The molecule has 2 aromatic carbocycles. The maximum Gasteiger partial charge on any atom is 0.178 e. The zero-order valence-electron chi connectivity index (χ0n) is 21.7. The molecule has 2 aromatic heterocycles. The Balaban J connectivity index is 1.46. The van der Waals surface area contributed by atoms with Gasteiger partial charge in [0.25, 0.3) is 0 Å². The van der Waals surface area contributed by atoms with E-state index in [1.165, 1.54) is 0 Å². The molecule has 1 aliphatic heterocycles. The highest BCUT2D eigenvalue weighted by atomic mass is 16.5. The van der Waals surface area contributed by atoms with Crippen LogP contribution in [0.5, 0.6) is 11.5 Å². The van der Waals surface area contributed by atoms with Crippen molar-refractivity contribution < 1.29 is 9.47 Å². The number of aryl methyl sites for hydroxylation is 2. The highest BCUT2D eigenvalue weighted by Gasteiger charge is 2.28. The van der Waals surface area contributed by atoms with Crippen LogP contribution >= 0.6 is 0 Å². The molecule has 4 aromatic rings. The molecule has 0 radical (unpaired) electrons. The number of nitrogens with two attached hydrogens (primary N) is 2. The SMILES string of the molecule is COc1ccc(-c2c(C)nc3c(N4CCC(N(N)/C=C(\N)c5ccccc5)C4)cc(C)nn23)cc1OC. The quantitative estimate of drug-likeness (QED) is 0.293. The summed E-state index contributed by atoms with van der Waals surface area (Å²) in [6.07, 6.45) is 2.73. The van der Waals surface area contributed by atoms with E-state index in [1.54, 1.807) is 19.2 Å². The van der Waals surface area contributed by atoms with Crippen molar-refractivity contribution in [1.29, 1.82) is 0 Å². The predicted octanol–water partition coefficient (Wildman–Crippen LogP) is 3.74. The maximum atomic E-state index is 6.45. The Bertz CT molecular complexity index is 1450. The highest BCUT2D eigenvalue weighted by molar-refractivity contribution is 5.77. The van der Waals surface area contributed by atoms with E-state index in [0.29, 0.717) is 17.2 Å². The zero-order chi connectivity index (χ0) is 26.1. The Morgan fingerprint density at radius 2 is 1.81 bits per heavy atom. The third-order valence-corrected chi connectivity index (χ3v) is 6.84. The van der Waals surface area contributed by atoms with Gasteiger partial charge in [-0.1, -0.05) is 30.3 Å². The van der Waals surface area contributed by atoms with Crippen molar-refractivity contribution in [2.24, 2.45) is 11.6 Å². The Labute approximate surface area is 216 Å². The summed E-state index contributed by atoms with van der Waals surface area (Å²) in [6, 6.07) is 17.9. The second-order valence-corrected chi connectivity index (χ2v) is 9.31. The average molecular weight is 500 g/mol. The van der Waals surface area contributed by atoms with Crippen molar-refractivity contribution in [3.8, 4) is 22.8 Å². The van der Waals surface area contributed by atoms with Crippen molar-refractivity contribution in [1.82, 2.24) is 19.6 Å². The molecule has 1 unspecified atom stereocenters. The lowest BCUT2D eigenvalue weighted by atomic mass is 10.1. The second-order valence-electron chi connectivity index (χ2n) is 9.31. The fourth-order valence-electron chi connectivity index (χ4n) is 4.95. The smallest absolute Gasteiger partial charge is 0.178 e. The van der Waals surface area contributed by atoms with Gasteiger partial charge in [0.15, 0.2) is 17.1 Å². The van der Waals surface area contributed by atoms with Crippen LogP contribution in [0.2, 0.25) is 0 Å². The summed E-state index contributed by atoms with van der Waals surface area (Å²) >= 11 is 0. The molecule has 0 bridgehead atoms. The molecule has 9 nitrogen and oxygen atoms in total. The molecule has 1 atom stereocenters. The van der Waals surface area contributed by atoms with Crippen LogP contribution in [-0.2, 0) is 0 Å². The largest absolute Gasteiger partial charge is 0.493 e. The molecule has 0 saturated carbocycles. The van der Waals surface area contributed by atoms with E-state index in [-0.39, 0.29) is 6.04 Å². The van der Waals surface area contributed by atoms with E-state index in [0.717, 1.165) is 59.1 Å². The van der Waals surface area contributed by atoms with Crippen LogP contribution in [0.15, 0.2) is 60.8 Å². The first-order chi connectivity index (χ1) is 17.9. The van der Waals surface area contributed by atoms with Crippen molar-refractivity contribution in [3.63, 3.8) is 0 Å². The molecule has 4 N–H and O–H groups in total. The van der Waals surface area contributed by atoms with Gasteiger partial charge in [-0.2, -0.15) is 5.10 Å². The summed E-state index contributed by atoms with van der Waals surface area (Å²) in [6.45, 7) is 5.62. The van der Waals surface area contributed by atoms with E-state index < -0.39 is 0 Å². The number of hydrogen-bond acceptors (Lipinski definition) is 8. The van der Waals surface area contributed by atoms with Gasteiger partial charge in [0.2, 0.25) is 0 Å². The van der Waals surface area contributed by atoms with Crippen LogP contribution in [0.4, 0.5) is 5.69 Å². The summed E-state index contributed by atoms with van der Waals surface area (Å²) in [5, 5.41) is 6.56. The minimum absolute atomic E-state index is 0.122. The Morgan fingerprint density at radius 3 is 2.54 bits per heavy atom. The zero-order valence-corrected chi connectivity index (χ0v) is 21.7. The van der Waals surface area contributed by atoms with E-state index in [9.17, 15) is 0 Å². The molecule has 9 heteroatoms. The van der Waals surface area contributed by atoms with Gasteiger partial charge >= 0.3 is 0 Å². The monoisotopic (exact) mass is 499 g/mol. The number of imidazole rings is 1. The van der Waals surface area contributed by atoms with Gasteiger partial charge in [0, 0.05) is 24.9 Å². The number of rotatable bonds is 7. The van der Waals surface area contributed by atoms with Crippen LogP contribution in [0.3, 0.4) is 0 Å². The van der Waals surface area contributed by atoms with Gasteiger partial charge in [-0.15, -0.1) is 0 Å². The van der Waals surface area contributed by atoms with Gasteiger partial charge in [0.05, 0.1) is 48.7 Å². The molecule has 192 valence electrons. The summed E-state index contributed by atoms with van der Waals surface area (Å²) in [4.78, 5) is 7.27. The highest BCUT2D eigenvalue weighted by Crippen LogP contribution is 2.36. The number of ether oxygens (including phenoxy) is 2. The standard InChI is InChI=1S/C28H33N7O2/c1-18-14-24(33-13-12-22(16-33)34(30)17-23(29)20-8-6-5-7-9-20)28-31-19(2)27(35(28)32-18)21-10-11-25(36-3)26(15-21)37-4/h5-11,14-15,17,22H,12-13,16,29-30H2,1-4H3/b23-17-. The average Bonchev–Trinajstić information content (AvgIpc) is 3.53. The Kier molecular flexibility index (Phi) is 6.62. The molecular formula is C28H33N7O2. The van der Waals surface area contributed by atoms with Crippen molar-refractivity contribution in [2.45, 2.75) is 26.3 Å². The van der Waals surface area contributed by atoms with Crippen molar-refractivity contribution >= 4 is 17.0 Å². The minimum atomic E-state index is 0.122. The number of aromatic nitrogens is 3. The summed E-state index contributed by atoms with van der Waals surface area (Å²) in [7, 11) is 3.27. The second kappa shape index (κ2) is 10.0. The summed E-state index contributed by atoms with van der Waals surface area (Å²) in [5.74, 6) is 7.79. The van der Waals surface area contributed by atoms with Gasteiger partial charge in [-0.05, 0) is 50.1 Å². The first-order valence-corrected chi connectivity index (χ1v) is 12.3. The third-order valence-electron chi connectivity index (χ3n) is 6.84. The van der Waals surface area contributed by atoms with Crippen LogP contribution in [0.25, 0.3) is 22.6 Å². The molecule has 5 rings (SSSR count). The number of hydrogen-bond donors (Lipinski definition) is 2. The van der Waals surface area contributed by atoms with E-state index >= 15 is 0 Å². The summed E-state index contributed by atoms with van der Waals surface area (Å²) < 4.78 is 12.9. The molecule has 0 spiro atoms. The Hall–Kier alpha value is -4.24. The van der Waals surface area contributed by atoms with Gasteiger partial charge in [-0.25, -0.2) is 15.3 Å². The fraction of sp³-hybridized carbons (Fsp3) is 0.286. The maximum absolute atomic E-state index is 6.45. The topological polar surface area (TPSA) is 107 Å². The van der Waals surface area contributed by atoms with Gasteiger partial charge in [0.1, 0.15) is 0 Å². The molecule has 0 aliphatic carbocycles. The molecular weight excluding hydrogens is 466 g/mol. The first-order valence-electron chi connectivity index (χ1n) is 12.3. The van der Waals surface area contributed by atoms with Crippen LogP contribution in [-0.4, -0.2) is 53.0 Å². The van der Waals surface area contributed by atoms with E-state index in [4.69, 9.17) is 31.1 Å². The van der Waals surface area contributed by atoms with Crippen molar-refractivity contribution in [2.75, 3.05) is 32.2 Å². The number of methoxy groups -OCH3 is 2. The lowest BCUT2D eigenvalue weighted by Gasteiger charge is -2.24. The predicted molar refractivity (Wildman–Crippen MR) is 146 cm³/mol. The normalized spacial score (nSPS) is 15.9. The number of nitrogens with zero attached hydrogens (tertiary/aromatic N) is 5. The third kappa shape index (κ3) is 4.65. The number of fused-ring (bicyclic) bond motifs is 1. The van der Waals surface area contributed by atoms with Crippen LogP contribution in [0, 0.1) is 13.8 Å². The molecule has 1 fully saturated rings. The minimum Gasteiger partial charge on any atom is -0.493 e. The molecule has 1 aliphatic rings. The van der Waals surface area contributed by atoms with Gasteiger partial charge in [-0.3, -0.25) is 0 Å². The molecule has 1 saturated heterocycles. The molecule has 0 amide bonds.